The molecule has 0 unspecified atom stereocenters. The summed E-state index contributed by atoms with van der Waals surface area (Å²) >= 11 is 0. The highest BCUT2D eigenvalue weighted by Crippen LogP contribution is 2.45. The molecular weight excluding hydrogens is 482 g/mol. The first kappa shape index (κ1) is 25.5. The van der Waals surface area contributed by atoms with Crippen molar-refractivity contribution in [2.45, 2.75) is 44.6 Å². The van der Waals surface area contributed by atoms with Crippen LogP contribution in [0.1, 0.15) is 53.9 Å². The number of benzene rings is 2. The molecule has 38 heavy (non-hydrogen) atoms. The van der Waals surface area contributed by atoms with Gasteiger partial charge in [-0.15, -0.1) is 0 Å². The number of hydrogen-bond acceptors (Lipinski definition) is 5. The van der Waals surface area contributed by atoms with Gasteiger partial charge in [0.2, 0.25) is 5.91 Å². The predicted molar refractivity (Wildman–Crippen MR) is 146 cm³/mol. The third-order valence-corrected chi connectivity index (χ3v) is 7.41. The van der Waals surface area contributed by atoms with Crippen molar-refractivity contribution >= 4 is 22.7 Å². The molecule has 2 heterocycles. The van der Waals surface area contributed by atoms with E-state index in [1.807, 2.05) is 36.4 Å². The van der Waals surface area contributed by atoms with E-state index in [1.54, 1.807) is 38.0 Å². The number of amides is 2. The van der Waals surface area contributed by atoms with E-state index < -0.39 is 5.76 Å². The molecule has 9 heteroatoms. The molecule has 1 N–H and O–H groups in total. The number of carbonyl (C=O) groups excluding carboxylic acids is 2. The van der Waals surface area contributed by atoms with Crippen LogP contribution in [-0.4, -0.2) is 64.5 Å². The third kappa shape index (κ3) is 4.76. The Morgan fingerprint density at radius 2 is 1.76 bits per heavy atom. The van der Waals surface area contributed by atoms with E-state index in [4.69, 9.17) is 4.52 Å². The quantitative estimate of drug-likeness (QED) is 0.407. The number of nitrogens with zero attached hydrogens (tertiary/aromatic N) is 4. The molecule has 1 fully saturated rings. The minimum atomic E-state index is -0.621. The monoisotopic (exact) mass is 515 g/mol. The summed E-state index contributed by atoms with van der Waals surface area (Å²) in [5, 5.41) is 4.93. The van der Waals surface area contributed by atoms with Gasteiger partial charge in [-0.25, -0.2) is 4.79 Å². The molecule has 2 amide bonds. The van der Waals surface area contributed by atoms with E-state index in [0.717, 1.165) is 47.8 Å². The molecule has 0 aliphatic heterocycles. The highest BCUT2D eigenvalue weighted by molar-refractivity contribution is 5.98. The Kier molecular flexibility index (Phi) is 6.93. The number of hydrogen-bond donors (Lipinski definition) is 1. The number of aromatic amines is 1. The molecule has 0 saturated heterocycles. The topological polar surface area (TPSA) is 104 Å². The second-order valence-electron chi connectivity index (χ2n) is 10.4. The summed E-state index contributed by atoms with van der Waals surface area (Å²) < 4.78 is 6.80. The van der Waals surface area contributed by atoms with E-state index in [9.17, 15) is 14.4 Å². The highest BCUT2D eigenvalue weighted by Gasteiger charge is 2.28. The van der Waals surface area contributed by atoms with Crippen LogP contribution in [0.15, 0.2) is 51.8 Å². The summed E-state index contributed by atoms with van der Waals surface area (Å²) in [6.45, 7) is 0.135. The molecule has 4 aromatic rings. The van der Waals surface area contributed by atoms with Gasteiger partial charge in [0.05, 0.1) is 11.2 Å². The predicted octanol–water partition coefficient (Wildman–Crippen LogP) is 4.49. The molecule has 1 aliphatic rings. The molecular formula is C29H33N5O4. The first-order valence-corrected chi connectivity index (χ1v) is 13.0. The number of H-pyrrole nitrogens is 1. The average Bonchev–Trinajstić information content (AvgIpc) is 3.49. The van der Waals surface area contributed by atoms with Crippen molar-refractivity contribution in [2.24, 2.45) is 0 Å². The molecule has 0 radical (unpaired) electrons. The van der Waals surface area contributed by atoms with Gasteiger partial charge in [0, 0.05) is 44.7 Å². The van der Waals surface area contributed by atoms with Crippen LogP contribution in [0.2, 0.25) is 0 Å². The second kappa shape index (κ2) is 10.3. The lowest BCUT2D eigenvalue weighted by molar-refractivity contribution is -0.129. The van der Waals surface area contributed by atoms with Gasteiger partial charge in [-0.05, 0) is 48.1 Å². The van der Waals surface area contributed by atoms with Crippen LogP contribution >= 0.6 is 0 Å². The van der Waals surface area contributed by atoms with Crippen LogP contribution in [0.25, 0.3) is 33.5 Å². The number of fused-ring (bicyclic) bond motifs is 1. The number of rotatable bonds is 6. The SMILES string of the molecule is CN(C)C(=O)Cn1c(-c2cccc(C(=O)N(C)C)c2)c(C2CCCCC2)c2ccc(-c3noc(=O)[nH]3)cc21. The minimum Gasteiger partial charge on any atom is -0.347 e. The van der Waals surface area contributed by atoms with Gasteiger partial charge in [-0.2, -0.15) is 0 Å². The molecule has 2 aromatic heterocycles. The van der Waals surface area contributed by atoms with Crippen LogP contribution in [0.4, 0.5) is 0 Å². The fourth-order valence-electron chi connectivity index (χ4n) is 5.49. The van der Waals surface area contributed by atoms with Crippen molar-refractivity contribution in [3.8, 4) is 22.6 Å². The number of carbonyl (C=O) groups is 2. The lowest BCUT2D eigenvalue weighted by atomic mass is 9.81. The summed E-state index contributed by atoms with van der Waals surface area (Å²) in [4.78, 5) is 43.4. The van der Waals surface area contributed by atoms with Crippen LogP contribution in [0, 0.1) is 0 Å². The maximum absolute atomic E-state index is 13.1. The third-order valence-electron chi connectivity index (χ3n) is 7.41. The summed E-state index contributed by atoms with van der Waals surface area (Å²) in [5.41, 5.74) is 5.23. The van der Waals surface area contributed by atoms with E-state index in [1.165, 1.54) is 12.0 Å². The standard InChI is InChI=1S/C29H33N5O4/c1-32(2)24(35)17-34-23-16-20(27-30-29(37)38-31-27)13-14-22(23)25(18-9-6-5-7-10-18)26(34)19-11-8-12-21(15-19)28(36)33(3)4/h8,11-16,18H,5-7,9-10,17H2,1-4H3,(H,30,31,37). The van der Waals surface area contributed by atoms with Crippen LogP contribution < -0.4 is 5.76 Å². The Labute approximate surface area is 221 Å². The zero-order chi connectivity index (χ0) is 27.0. The first-order valence-electron chi connectivity index (χ1n) is 13.0. The minimum absolute atomic E-state index is 0.0425. The summed E-state index contributed by atoms with van der Waals surface area (Å²) in [6, 6.07) is 13.6. The van der Waals surface area contributed by atoms with Crippen LogP contribution in [0.3, 0.4) is 0 Å². The maximum atomic E-state index is 13.1. The number of nitrogens with one attached hydrogen (secondary N) is 1. The summed E-state index contributed by atoms with van der Waals surface area (Å²) in [6.07, 6.45) is 5.68. The van der Waals surface area contributed by atoms with E-state index in [0.29, 0.717) is 22.9 Å². The molecule has 1 saturated carbocycles. The lowest BCUT2D eigenvalue weighted by Gasteiger charge is -2.24. The van der Waals surface area contributed by atoms with Crippen LogP contribution in [0.5, 0.6) is 0 Å². The normalized spacial score (nSPS) is 14.1. The molecule has 0 bridgehead atoms. The van der Waals surface area contributed by atoms with Crippen molar-refractivity contribution in [1.82, 2.24) is 24.5 Å². The molecule has 0 spiro atoms. The highest BCUT2D eigenvalue weighted by atomic mass is 16.5. The summed E-state index contributed by atoms with van der Waals surface area (Å²) in [7, 11) is 6.98. The molecule has 2 aromatic carbocycles. The molecule has 9 nitrogen and oxygen atoms in total. The van der Waals surface area contributed by atoms with E-state index >= 15 is 0 Å². The Morgan fingerprint density at radius 3 is 2.42 bits per heavy atom. The van der Waals surface area contributed by atoms with E-state index in [2.05, 4.69) is 20.8 Å². The van der Waals surface area contributed by atoms with Gasteiger partial charge in [-0.1, -0.05) is 48.7 Å². The largest absolute Gasteiger partial charge is 0.439 e. The van der Waals surface area contributed by atoms with Crippen LogP contribution in [-0.2, 0) is 11.3 Å². The van der Waals surface area contributed by atoms with Gasteiger partial charge in [-0.3, -0.25) is 19.1 Å². The van der Waals surface area contributed by atoms with E-state index in [-0.39, 0.29) is 18.4 Å². The smallest absolute Gasteiger partial charge is 0.347 e. The lowest BCUT2D eigenvalue weighted by Crippen LogP contribution is -2.26. The first-order chi connectivity index (χ1) is 18.2. The zero-order valence-corrected chi connectivity index (χ0v) is 22.3. The summed E-state index contributed by atoms with van der Waals surface area (Å²) in [5.74, 6) is -0.0653. The van der Waals surface area contributed by atoms with Crippen molar-refractivity contribution < 1.29 is 14.1 Å². The molecule has 0 atom stereocenters. The fourth-order valence-corrected chi connectivity index (χ4v) is 5.49. The van der Waals surface area contributed by atoms with Gasteiger partial charge in [0.25, 0.3) is 5.91 Å². The Balaban J connectivity index is 1.81. The molecule has 5 rings (SSSR count). The van der Waals surface area contributed by atoms with Gasteiger partial charge < -0.3 is 14.4 Å². The van der Waals surface area contributed by atoms with Gasteiger partial charge >= 0.3 is 5.76 Å². The fraction of sp³-hybridized carbons (Fsp3) is 0.379. The van der Waals surface area contributed by atoms with Crippen molar-refractivity contribution in [3.63, 3.8) is 0 Å². The average molecular weight is 516 g/mol. The maximum Gasteiger partial charge on any atom is 0.439 e. The number of likely N-dealkylation sites (N-methyl/N-ethyl adjacent to an activating group) is 1. The molecule has 1 aliphatic carbocycles. The van der Waals surface area contributed by atoms with Gasteiger partial charge in [0.1, 0.15) is 6.54 Å². The van der Waals surface area contributed by atoms with Gasteiger partial charge in [0.15, 0.2) is 5.82 Å². The van der Waals surface area contributed by atoms with Crippen molar-refractivity contribution in [3.05, 3.63) is 64.1 Å². The Morgan fingerprint density at radius 1 is 1.00 bits per heavy atom. The number of aromatic nitrogens is 3. The van der Waals surface area contributed by atoms with Crippen molar-refractivity contribution in [1.29, 1.82) is 0 Å². The Hall–Kier alpha value is -4.14. The molecule has 198 valence electrons. The zero-order valence-electron chi connectivity index (χ0n) is 22.3. The second-order valence-corrected chi connectivity index (χ2v) is 10.4. The van der Waals surface area contributed by atoms with Crippen molar-refractivity contribution in [2.75, 3.05) is 28.2 Å². The Bertz CT molecular complexity index is 1550.